The summed E-state index contributed by atoms with van der Waals surface area (Å²) in [6.45, 7) is 0.299. The van der Waals surface area contributed by atoms with E-state index in [4.69, 9.17) is 21.7 Å². The Bertz CT molecular complexity index is 647. The highest BCUT2D eigenvalue weighted by Gasteiger charge is 2.09. The molecular formula is C17H20N2O3S. The first-order chi connectivity index (χ1) is 11.1. The number of ether oxygens (including phenoxy) is 2. The van der Waals surface area contributed by atoms with Gasteiger partial charge in [-0.2, -0.15) is 0 Å². The van der Waals surface area contributed by atoms with E-state index in [1.54, 1.807) is 14.2 Å². The van der Waals surface area contributed by atoms with Crippen molar-refractivity contribution in [1.29, 1.82) is 0 Å². The fraction of sp³-hybridized carbons (Fsp3) is 0.235. The maximum absolute atomic E-state index is 10.2. The number of hydrogen-bond acceptors (Lipinski definition) is 4. The molecule has 0 fully saturated rings. The monoisotopic (exact) mass is 332 g/mol. The summed E-state index contributed by atoms with van der Waals surface area (Å²) in [5.41, 5.74) is 1.56. The van der Waals surface area contributed by atoms with Crippen LogP contribution in [0.25, 0.3) is 0 Å². The number of methoxy groups -OCH3 is 2. The molecule has 0 amide bonds. The highest BCUT2D eigenvalue weighted by atomic mass is 32.1. The van der Waals surface area contributed by atoms with Gasteiger partial charge in [0.15, 0.2) is 5.11 Å². The zero-order chi connectivity index (χ0) is 16.7. The largest absolute Gasteiger partial charge is 0.497 e. The molecule has 0 heterocycles. The number of anilines is 1. The molecule has 0 spiro atoms. The van der Waals surface area contributed by atoms with Gasteiger partial charge in [-0.25, -0.2) is 0 Å². The minimum absolute atomic E-state index is 0.299. The van der Waals surface area contributed by atoms with E-state index in [1.807, 2.05) is 48.5 Å². The Morgan fingerprint density at radius 3 is 2.43 bits per heavy atom. The number of benzene rings is 2. The summed E-state index contributed by atoms with van der Waals surface area (Å²) >= 11 is 5.24. The number of thiocarbonyl (C=S) groups is 1. The molecule has 0 saturated heterocycles. The third kappa shape index (κ3) is 4.84. The van der Waals surface area contributed by atoms with E-state index in [0.717, 1.165) is 17.0 Å². The van der Waals surface area contributed by atoms with Crippen LogP contribution in [0.2, 0.25) is 0 Å². The van der Waals surface area contributed by atoms with Crippen LogP contribution in [0, 0.1) is 0 Å². The van der Waals surface area contributed by atoms with Crippen molar-refractivity contribution in [3.05, 3.63) is 54.1 Å². The molecule has 122 valence electrons. The summed E-state index contributed by atoms with van der Waals surface area (Å²) in [6.07, 6.45) is -0.668. The van der Waals surface area contributed by atoms with E-state index in [0.29, 0.717) is 17.4 Å². The number of para-hydroxylation sites is 2. The first kappa shape index (κ1) is 17.1. The molecule has 6 heteroatoms. The zero-order valence-electron chi connectivity index (χ0n) is 13.1. The summed E-state index contributed by atoms with van der Waals surface area (Å²) in [7, 11) is 3.21. The SMILES string of the molecule is COc1ccc(C(O)CNC(=S)Nc2ccccc2OC)cc1. The summed E-state index contributed by atoms with van der Waals surface area (Å²) in [5.74, 6) is 1.45. The Balaban J connectivity index is 1.88. The van der Waals surface area contributed by atoms with Gasteiger partial charge in [0.2, 0.25) is 0 Å². The van der Waals surface area contributed by atoms with Crippen molar-refractivity contribution in [3.8, 4) is 11.5 Å². The van der Waals surface area contributed by atoms with Gasteiger partial charge >= 0.3 is 0 Å². The summed E-state index contributed by atoms with van der Waals surface area (Å²) < 4.78 is 10.3. The molecule has 23 heavy (non-hydrogen) atoms. The summed E-state index contributed by atoms with van der Waals surface area (Å²) in [4.78, 5) is 0. The van der Waals surface area contributed by atoms with Gasteiger partial charge in [-0.15, -0.1) is 0 Å². The lowest BCUT2D eigenvalue weighted by molar-refractivity contribution is 0.181. The van der Waals surface area contributed by atoms with E-state index in [9.17, 15) is 5.11 Å². The van der Waals surface area contributed by atoms with Gasteiger partial charge in [-0.1, -0.05) is 24.3 Å². The number of aliphatic hydroxyl groups is 1. The van der Waals surface area contributed by atoms with Crippen molar-refractivity contribution in [2.45, 2.75) is 6.10 Å². The van der Waals surface area contributed by atoms with Crippen LogP contribution in [-0.4, -0.2) is 31.0 Å². The van der Waals surface area contributed by atoms with Crippen molar-refractivity contribution in [2.24, 2.45) is 0 Å². The van der Waals surface area contributed by atoms with Gasteiger partial charge in [0, 0.05) is 6.54 Å². The molecule has 2 aromatic rings. The Morgan fingerprint density at radius 2 is 1.78 bits per heavy atom. The smallest absolute Gasteiger partial charge is 0.170 e. The van der Waals surface area contributed by atoms with Gasteiger partial charge in [-0.05, 0) is 42.0 Å². The van der Waals surface area contributed by atoms with Gasteiger partial charge in [-0.3, -0.25) is 0 Å². The van der Waals surface area contributed by atoms with Crippen LogP contribution in [0.1, 0.15) is 11.7 Å². The molecule has 1 unspecified atom stereocenters. The van der Waals surface area contributed by atoms with Crippen molar-refractivity contribution >= 4 is 23.0 Å². The molecule has 0 saturated carbocycles. The minimum atomic E-state index is -0.668. The molecule has 0 radical (unpaired) electrons. The first-order valence-electron chi connectivity index (χ1n) is 7.14. The van der Waals surface area contributed by atoms with Gasteiger partial charge in [0.05, 0.1) is 26.0 Å². The number of aliphatic hydroxyl groups excluding tert-OH is 1. The van der Waals surface area contributed by atoms with Gasteiger partial charge < -0.3 is 25.2 Å². The number of nitrogens with one attached hydrogen (secondary N) is 2. The van der Waals surface area contributed by atoms with Crippen molar-refractivity contribution in [3.63, 3.8) is 0 Å². The van der Waals surface area contributed by atoms with E-state index in [2.05, 4.69) is 10.6 Å². The van der Waals surface area contributed by atoms with Crippen molar-refractivity contribution in [1.82, 2.24) is 5.32 Å². The summed E-state index contributed by atoms with van der Waals surface area (Å²) in [5, 5.41) is 16.6. The third-order valence-electron chi connectivity index (χ3n) is 3.31. The molecule has 0 aliphatic carbocycles. The van der Waals surface area contributed by atoms with Crippen LogP contribution in [0.3, 0.4) is 0 Å². The number of hydrogen-bond donors (Lipinski definition) is 3. The average Bonchev–Trinajstić information content (AvgIpc) is 2.60. The molecule has 3 N–H and O–H groups in total. The van der Waals surface area contributed by atoms with E-state index in [1.165, 1.54) is 0 Å². The lowest BCUT2D eigenvalue weighted by atomic mass is 10.1. The van der Waals surface area contributed by atoms with Crippen molar-refractivity contribution in [2.75, 3.05) is 26.1 Å². The predicted octanol–water partition coefficient (Wildman–Crippen LogP) is 2.72. The van der Waals surface area contributed by atoms with Gasteiger partial charge in [0.1, 0.15) is 11.5 Å². The predicted molar refractivity (Wildman–Crippen MR) is 95.2 cm³/mol. The Kier molecular flexibility index (Phi) is 6.19. The van der Waals surface area contributed by atoms with E-state index in [-0.39, 0.29) is 0 Å². The van der Waals surface area contributed by atoms with Crippen LogP contribution in [-0.2, 0) is 0 Å². The van der Waals surface area contributed by atoms with Gasteiger partial charge in [0.25, 0.3) is 0 Å². The van der Waals surface area contributed by atoms with E-state index < -0.39 is 6.10 Å². The molecule has 5 nitrogen and oxygen atoms in total. The van der Waals surface area contributed by atoms with Crippen LogP contribution in [0.4, 0.5) is 5.69 Å². The lowest BCUT2D eigenvalue weighted by Gasteiger charge is -2.16. The normalized spacial score (nSPS) is 11.4. The summed E-state index contributed by atoms with van der Waals surface area (Å²) in [6, 6.07) is 14.7. The number of rotatable bonds is 6. The van der Waals surface area contributed by atoms with Crippen molar-refractivity contribution < 1.29 is 14.6 Å². The van der Waals surface area contributed by atoms with Crippen LogP contribution in [0.15, 0.2) is 48.5 Å². The Morgan fingerprint density at radius 1 is 1.09 bits per heavy atom. The Labute approximate surface area is 141 Å². The quantitative estimate of drug-likeness (QED) is 0.707. The first-order valence-corrected chi connectivity index (χ1v) is 7.54. The minimum Gasteiger partial charge on any atom is -0.497 e. The second kappa shape index (κ2) is 8.36. The molecule has 0 aliphatic heterocycles. The second-order valence-corrected chi connectivity index (χ2v) is 5.23. The fourth-order valence-electron chi connectivity index (χ4n) is 2.05. The molecule has 2 rings (SSSR count). The average molecular weight is 332 g/mol. The lowest BCUT2D eigenvalue weighted by Crippen LogP contribution is -2.32. The maximum atomic E-state index is 10.2. The topological polar surface area (TPSA) is 62.8 Å². The third-order valence-corrected chi connectivity index (χ3v) is 3.56. The zero-order valence-corrected chi connectivity index (χ0v) is 13.9. The maximum Gasteiger partial charge on any atom is 0.170 e. The molecule has 1 atom stereocenters. The highest BCUT2D eigenvalue weighted by molar-refractivity contribution is 7.80. The second-order valence-electron chi connectivity index (χ2n) is 4.82. The highest BCUT2D eigenvalue weighted by Crippen LogP contribution is 2.23. The van der Waals surface area contributed by atoms with Crippen LogP contribution >= 0.6 is 12.2 Å². The fourth-order valence-corrected chi connectivity index (χ4v) is 2.24. The van der Waals surface area contributed by atoms with Crippen LogP contribution in [0.5, 0.6) is 11.5 Å². The molecular weight excluding hydrogens is 312 g/mol. The van der Waals surface area contributed by atoms with E-state index >= 15 is 0 Å². The Hall–Kier alpha value is -2.31. The molecule has 2 aromatic carbocycles. The van der Waals surface area contributed by atoms with Crippen LogP contribution < -0.4 is 20.1 Å². The molecule has 0 aromatic heterocycles. The molecule has 0 aliphatic rings. The standard InChI is InChI=1S/C17H20N2O3S/c1-21-13-9-7-12(8-10-13)15(20)11-18-17(23)19-14-5-3-4-6-16(14)22-2/h3-10,15,20H,11H2,1-2H3,(H2,18,19,23). The molecule has 0 bridgehead atoms.